The van der Waals surface area contributed by atoms with E-state index in [0.29, 0.717) is 23.3 Å². The van der Waals surface area contributed by atoms with Gasteiger partial charge >= 0.3 is 11.8 Å². The Balaban J connectivity index is 1.80. The van der Waals surface area contributed by atoms with Crippen molar-refractivity contribution in [1.82, 2.24) is 4.57 Å². The van der Waals surface area contributed by atoms with E-state index < -0.39 is 17.6 Å². The fourth-order valence-corrected chi connectivity index (χ4v) is 2.29. The number of urea groups is 1. The van der Waals surface area contributed by atoms with Gasteiger partial charge in [0, 0.05) is 18.3 Å². The lowest BCUT2D eigenvalue weighted by atomic mass is 10.3. The van der Waals surface area contributed by atoms with E-state index in [-0.39, 0.29) is 5.69 Å². The highest BCUT2D eigenvalue weighted by Gasteiger charge is 2.10. The molecule has 0 radical (unpaired) electrons. The number of oxazole rings is 1. The van der Waals surface area contributed by atoms with Crippen LogP contribution in [0.2, 0.25) is 0 Å². The number of anilines is 2. The molecule has 0 saturated heterocycles. The van der Waals surface area contributed by atoms with Gasteiger partial charge in [-0.25, -0.2) is 14.0 Å². The molecule has 0 aliphatic carbocycles. The molecule has 0 bridgehead atoms. The van der Waals surface area contributed by atoms with Gasteiger partial charge in [0.05, 0.1) is 11.2 Å². The predicted molar refractivity (Wildman–Crippen MR) is 85.2 cm³/mol. The third-order valence-corrected chi connectivity index (χ3v) is 3.36. The van der Waals surface area contributed by atoms with E-state index in [1.807, 2.05) is 6.92 Å². The first-order valence-electron chi connectivity index (χ1n) is 7.04. The molecule has 3 rings (SSSR count). The summed E-state index contributed by atoms with van der Waals surface area (Å²) in [5, 5.41) is 4.98. The van der Waals surface area contributed by atoms with Crippen LogP contribution in [0.4, 0.5) is 20.6 Å². The van der Waals surface area contributed by atoms with Gasteiger partial charge in [-0.3, -0.25) is 4.57 Å². The Labute approximate surface area is 130 Å². The topological polar surface area (TPSA) is 76.3 Å². The summed E-state index contributed by atoms with van der Waals surface area (Å²) >= 11 is 0. The molecule has 2 N–H and O–H groups in total. The van der Waals surface area contributed by atoms with Gasteiger partial charge in [-0.2, -0.15) is 0 Å². The van der Waals surface area contributed by atoms with Gasteiger partial charge < -0.3 is 15.1 Å². The summed E-state index contributed by atoms with van der Waals surface area (Å²) < 4.78 is 20.1. The number of halogens is 1. The van der Waals surface area contributed by atoms with Crippen molar-refractivity contribution in [2.24, 2.45) is 0 Å². The van der Waals surface area contributed by atoms with Gasteiger partial charge in [-0.05, 0) is 31.2 Å². The summed E-state index contributed by atoms with van der Waals surface area (Å²) in [5.41, 5.74) is 1.54. The number of rotatable bonds is 3. The van der Waals surface area contributed by atoms with Crippen LogP contribution < -0.4 is 16.4 Å². The summed E-state index contributed by atoms with van der Waals surface area (Å²) in [6.07, 6.45) is 0. The molecular formula is C16H14FN3O3. The molecule has 0 unspecified atom stereocenters. The second-order valence-corrected chi connectivity index (χ2v) is 4.85. The van der Waals surface area contributed by atoms with Gasteiger partial charge in [-0.15, -0.1) is 0 Å². The third kappa shape index (κ3) is 2.94. The molecule has 3 aromatic rings. The maximum atomic E-state index is 13.5. The van der Waals surface area contributed by atoms with Gasteiger partial charge in [0.1, 0.15) is 5.82 Å². The Bertz CT molecular complexity index is 930. The number of amides is 2. The lowest BCUT2D eigenvalue weighted by molar-refractivity contribution is 0.262. The summed E-state index contributed by atoms with van der Waals surface area (Å²) in [4.78, 5) is 23.5. The molecule has 2 aromatic carbocycles. The normalized spacial score (nSPS) is 10.7. The fourth-order valence-electron chi connectivity index (χ4n) is 2.29. The van der Waals surface area contributed by atoms with E-state index in [4.69, 9.17) is 4.42 Å². The average Bonchev–Trinajstić information content (AvgIpc) is 2.83. The molecule has 0 saturated carbocycles. The Morgan fingerprint density at radius 1 is 1.22 bits per heavy atom. The molecule has 7 heteroatoms. The van der Waals surface area contributed by atoms with Crippen LogP contribution >= 0.6 is 0 Å². The van der Waals surface area contributed by atoms with Gasteiger partial charge in [-0.1, -0.05) is 12.1 Å². The number of carbonyl (C=O) groups is 1. The zero-order chi connectivity index (χ0) is 16.4. The Morgan fingerprint density at radius 3 is 2.74 bits per heavy atom. The minimum absolute atomic E-state index is 0.0785. The zero-order valence-electron chi connectivity index (χ0n) is 12.3. The third-order valence-electron chi connectivity index (χ3n) is 3.36. The monoisotopic (exact) mass is 315 g/mol. The molecule has 23 heavy (non-hydrogen) atoms. The van der Waals surface area contributed by atoms with E-state index in [2.05, 4.69) is 10.6 Å². The number of aromatic nitrogens is 1. The highest BCUT2D eigenvalue weighted by molar-refractivity contribution is 6.00. The number of hydrogen-bond acceptors (Lipinski definition) is 3. The number of fused-ring (bicyclic) bond motifs is 1. The van der Waals surface area contributed by atoms with Crippen molar-refractivity contribution in [3.8, 4) is 0 Å². The van der Waals surface area contributed by atoms with E-state index >= 15 is 0 Å². The lowest BCUT2D eigenvalue weighted by Gasteiger charge is -2.08. The highest BCUT2D eigenvalue weighted by Crippen LogP contribution is 2.19. The first kappa shape index (κ1) is 14.8. The van der Waals surface area contributed by atoms with Crippen molar-refractivity contribution in [3.63, 3.8) is 0 Å². The van der Waals surface area contributed by atoms with Crippen molar-refractivity contribution >= 4 is 28.5 Å². The lowest BCUT2D eigenvalue weighted by Crippen LogP contribution is -2.20. The van der Waals surface area contributed by atoms with E-state index in [0.717, 1.165) is 0 Å². The second kappa shape index (κ2) is 5.96. The Hall–Kier alpha value is -3.09. The molecule has 0 atom stereocenters. The van der Waals surface area contributed by atoms with Crippen molar-refractivity contribution in [1.29, 1.82) is 0 Å². The summed E-state index contributed by atoms with van der Waals surface area (Å²) in [5.74, 6) is -0.973. The second-order valence-electron chi connectivity index (χ2n) is 4.85. The molecule has 118 valence electrons. The van der Waals surface area contributed by atoms with Crippen LogP contribution in [-0.2, 0) is 6.54 Å². The zero-order valence-corrected chi connectivity index (χ0v) is 12.3. The van der Waals surface area contributed by atoms with Crippen LogP contribution in [0.25, 0.3) is 11.1 Å². The van der Waals surface area contributed by atoms with Crippen molar-refractivity contribution in [3.05, 3.63) is 58.8 Å². The smallest absolute Gasteiger partial charge is 0.408 e. The van der Waals surface area contributed by atoms with E-state index in [1.165, 1.54) is 22.8 Å². The van der Waals surface area contributed by atoms with Crippen molar-refractivity contribution in [2.45, 2.75) is 13.5 Å². The van der Waals surface area contributed by atoms with Crippen LogP contribution in [-0.4, -0.2) is 10.6 Å². The van der Waals surface area contributed by atoms with Gasteiger partial charge in [0.15, 0.2) is 5.58 Å². The molecule has 0 aliphatic heterocycles. The van der Waals surface area contributed by atoms with E-state index in [9.17, 15) is 14.0 Å². The number of benzene rings is 2. The molecule has 1 heterocycles. The summed E-state index contributed by atoms with van der Waals surface area (Å²) in [7, 11) is 0. The quantitative estimate of drug-likeness (QED) is 0.777. The number of aryl methyl sites for hydroxylation is 1. The van der Waals surface area contributed by atoms with Crippen LogP contribution in [0.1, 0.15) is 6.92 Å². The number of para-hydroxylation sites is 1. The fraction of sp³-hybridized carbons (Fsp3) is 0.125. The number of nitrogens with zero attached hydrogens (tertiary/aromatic N) is 1. The maximum absolute atomic E-state index is 13.5. The SMILES string of the molecule is CCn1c(=O)oc2cc(NC(=O)Nc3ccccc3F)ccc21. The van der Waals surface area contributed by atoms with Crippen LogP contribution in [0.15, 0.2) is 51.7 Å². The van der Waals surface area contributed by atoms with Crippen molar-refractivity contribution < 1.29 is 13.6 Å². The minimum Gasteiger partial charge on any atom is -0.408 e. The maximum Gasteiger partial charge on any atom is 0.419 e. The largest absolute Gasteiger partial charge is 0.419 e. The Morgan fingerprint density at radius 2 is 2.00 bits per heavy atom. The number of carbonyl (C=O) groups excluding carboxylic acids is 1. The Kier molecular flexibility index (Phi) is 3.84. The number of hydrogen-bond donors (Lipinski definition) is 2. The summed E-state index contributed by atoms with van der Waals surface area (Å²) in [6.45, 7) is 2.33. The number of nitrogens with one attached hydrogen (secondary N) is 2. The molecule has 0 aliphatic rings. The predicted octanol–water partition coefficient (Wildman–Crippen LogP) is 3.40. The molecule has 1 aromatic heterocycles. The van der Waals surface area contributed by atoms with Crippen LogP contribution in [0.3, 0.4) is 0 Å². The molecule has 6 nitrogen and oxygen atoms in total. The molecule has 2 amide bonds. The molecule has 0 spiro atoms. The first-order chi connectivity index (χ1) is 11.1. The average molecular weight is 315 g/mol. The van der Waals surface area contributed by atoms with Crippen LogP contribution in [0, 0.1) is 5.82 Å². The van der Waals surface area contributed by atoms with E-state index in [1.54, 1.807) is 24.3 Å². The van der Waals surface area contributed by atoms with Crippen molar-refractivity contribution in [2.75, 3.05) is 10.6 Å². The summed E-state index contributed by atoms with van der Waals surface area (Å²) in [6, 6.07) is 10.1. The minimum atomic E-state index is -0.591. The highest BCUT2D eigenvalue weighted by atomic mass is 19.1. The van der Waals surface area contributed by atoms with Gasteiger partial charge in [0.2, 0.25) is 0 Å². The molecule has 0 fully saturated rings. The van der Waals surface area contributed by atoms with Crippen LogP contribution in [0.5, 0.6) is 0 Å². The van der Waals surface area contributed by atoms with Gasteiger partial charge in [0.25, 0.3) is 0 Å². The molecular weight excluding hydrogens is 301 g/mol. The standard InChI is InChI=1S/C16H14FN3O3/c1-2-20-13-8-7-10(9-14(13)23-16(20)22)18-15(21)19-12-6-4-3-5-11(12)17/h3-9H,2H2,1H3,(H2,18,19,21). The first-order valence-corrected chi connectivity index (χ1v) is 7.04.